The number of aliphatic hydroxyl groups excluding tert-OH is 4. The van der Waals surface area contributed by atoms with Crippen LogP contribution in [0.4, 0.5) is 0 Å². The van der Waals surface area contributed by atoms with Gasteiger partial charge in [-0.1, -0.05) is 0 Å². The summed E-state index contributed by atoms with van der Waals surface area (Å²) in [6, 6.07) is 0. The van der Waals surface area contributed by atoms with Gasteiger partial charge in [-0.2, -0.15) is 4.21 Å². The highest BCUT2D eigenvalue weighted by molar-refractivity contribution is 7.73. The van der Waals surface area contributed by atoms with E-state index < -0.39 is 47.7 Å². The average molecular weight is 258 g/mol. The van der Waals surface area contributed by atoms with E-state index in [1.54, 1.807) is 0 Å². The van der Waals surface area contributed by atoms with Crippen LogP contribution in [-0.2, 0) is 20.9 Å². The summed E-state index contributed by atoms with van der Waals surface area (Å²) >= 11 is -2.61. The Bertz CT molecular complexity index is 307. The van der Waals surface area contributed by atoms with Gasteiger partial charge in [0.25, 0.3) is 11.4 Å². The van der Waals surface area contributed by atoms with E-state index >= 15 is 0 Å². The lowest BCUT2D eigenvalue weighted by atomic mass is 10.2. The largest absolute Gasteiger partial charge is 0.505 e. The van der Waals surface area contributed by atoms with Crippen LogP contribution in [0.15, 0.2) is 11.5 Å². The van der Waals surface area contributed by atoms with Crippen molar-refractivity contribution in [3.05, 3.63) is 11.5 Å². The maximum atomic E-state index is 10.5. The molecule has 0 saturated heterocycles. The minimum atomic E-state index is -2.61. The standard InChI is InChI=1S/C6H8O6.H2O3S/c7-1-2(8)5-3(9)4(10)6(11)12-5;1-4(2)3/h2,5,7-10H,1H2;(H2,1,2,3)/t2-,5+;/m0./s1. The molecular formula is C6H10O9S. The third-order valence-electron chi connectivity index (χ3n) is 1.48. The predicted molar refractivity (Wildman–Crippen MR) is 48.7 cm³/mol. The van der Waals surface area contributed by atoms with Gasteiger partial charge in [-0.25, -0.2) is 4.79 Å². The Morgan fingerprint density at radius 1 is 1.38 bits per heavy atom. The van der Waals surface area contributed by atoms with Crippen molar-refractivity contribution in [1.29, 1.82) is 0 Å². The van der Waals surface area contributed by atoms with Crippen LogP contribution in [0.2, 0.25) is 0 Å². The molecule has 0 saturated carbocycles. The zero-order chi connectivity index (χ0) is 12.9. The highest BCUT2D eigenvalue weighted by Crippen LogP contribution is 2.20. The van der Waals surface area contributed by atoms with Gasteiger partial charge in [-0.15, -0.1) is 0 Å². The smallest absolute Gasteiger partial charge is 0.377 e. The number of esters is 1. The van der Waals surface area contributed by atoms with E-state index in [1.807, 2.05) is 0 Å². The molecule has 0 fully saturated rings. The van der Waals surface area contributed by atoms with Crippen LogP contribution in [0, 0.1) is 0 Å². The number of ether oxygens (including phenoxy) is 1. The molecule has 1 aliphatic heterocycles. The van der Waals surface area contributed by atoms with Crippen molar-refractivity contribution in [2.45, 2.75) is 12.2 Å². The highest BCUT2D eigenvalue weighted by Gasteiger charge is 2.38. The Hall–Kier alpha value is -1.20. The maximum absolute atomic E-state index is 10.5. The van der Waals surface area contributed by atoms with Crippen molar-refractivity contribution in [2.24, 2.45) is 0 Å². The molecule has 9 nitrogen and oxygen atoms in total. The fourth-order valence-corrected chi connectivity index (χ4v) is 0.823. The molecule has 0 unspecified atom stereocenters. The number of carbonyl (C=O) groups excluding carboxylic acids is 1. The molecule has 16 heavy (non-hydrogen) atoms. The second-order valence-electron chi connectivity index (χ2n) is 2.54. The van der Waals surface area contributed by atoms with E-state index in [2.05, 4.69) is 4.74 Å². The van der Waals surface area contributed by atoms with Gasteiger partial charge >= 0.3 is 5.97 Å². The molecule has 0 aromatic heterocycles. The van der Waals surface area contributed by atoms with E-state index in [9.17, 15) is 4.79 Å². The summed E-state index contributed by atoms with van der Waals surface area (Å²) < 4.78 is 27.1. The van der Waals surface area contributed by atoms with Crippen molar-refractivity contribution in [2.75, 3.05) is 6.61 Å². The molecule has 10 heteroatoms. The first kappa shape index (κ1) is 14.8. The number of aliphatic hydroxyl groups is 4. The number of cyclic esters (lactones) is 1. The van der Waals surface area contributed by atoms with Gasteiger partial charge < -0.3 is 25.2 Å². The molecule has 0 spiro atoms. The van der Waals surface area contributed by atoms with Gasteiger partial charge in [-0.05, 0) is 0 Å². The van der Waals surface area contributed by atoms with E-state index in [4.69, 9.17) is 33.7 Å². The van der Waals surface area contributed by atoms with Crippen molar-refractivity contribution in [3.8, 4) is 0 Å². The fourth-order valence-electron chi connectivity index (χ4n) is 0.823. The number of rotatable bonds is 2. The molecule has 1 heterocycles. The van der Waals surface area contributed by atoms with Crippen LogP contribution >= 0.6 is 0 Å². The molecule has 6 N–H and O–H groups in total. The quantitative estimate of drug-likeness (QED) is 0.249. The molecule has 0 amide bonds. The first-order chi connectivity index (χ1) is 7.31. The number of carbonyl (C=O) groups is 1. The lowest BCUT2D eigenvalue weighted by molar-refractivity contribution is -0.147. The summed E-state index contributed by atoms with van der Waals surface area (Å²) in [7, 11) is 0. The van der Waals surface area contributed by atoms with Gasteiger partial charge in [0.2, 0.25) is 5.76 Å². The monoisotopic (exact) mass is 258 g/mol. The van der Waals surface area contributed by atoms with Crippen LogP contribution in [0.5, 0.6) is 0 Å². The second kappa shape index (κ2) is 6.40. The highest BCUT2D eigenvalue weighted by atomic mass is 32.2. The van der Waals surface area contributed by atoms with Crippen molar-refractivity contribution < 1.29 is 43.3 Å². The molecule has 94 valence electrons. The Labute approximate surface area is 91.7 Å². The predicted octanol–water partition coefficient (Wildman–Crippen LogP) is -1.73. The summed E-state index contributed by atoms with van der Waals surface area (Å²) in [5.41, 5.74) is 0. The van der Waals surface area contributed by atoms with Crippen molar-refractivity contribution in [1.82, 2.24) is 0 Å². The first-order valence-corrected chi connectivity index (χ1v) is 4.79. The van der Waals surface area contributed by atoms with Gasteiger partial charge in [0, 0.05) is 0 Å². The maximum Gasteiger partial charge on any atom is 0.377 e. The Morgan fingerprint density at radius 3 is 2.06 bits per heavy atom. The molecule has 0 bridgehead atoms. The molecule has 2 atom stereocenters. The Morgan fingerprint density at radius 2 is 1.81 bits per heavy atom. The summed E-state index contributed by atoms with van der Waals surface area (Å²) in [4.78, 5) is 10.5. The minimum Gasteiger partial charge on any atom is -0.505 e. The summed E-state index contributed by atoms with van der Waals surface area (Å²) in [6.45, 7) is -0.671. The summed E-state index contributed by atoms with van der Waals surface area (Å²) in [5, 5.41) is 35.0. The third-order valence-corrected chi connectivity index (χ3v) is 1.48. The van der Waals surface area contributed by atoms with Crippen LogP contribution in [-0.4, -0.2) is 58.5 Å². The topological polar surface area (TPSA) is 165 Å². The first-order valence-electron chi connectivity index (χ1n) is 3.73. The van der Waals surface area contributed by atoms with Crippen LogP contribution < -0.4 is 0 Å². The van der Waals surface area contributed by atoms with Gasteiger partial charge in [0.1, 0.15) is 6.10 Å². The van der Waals surface area contributed by atoms with Crippen molar-refractivity contribution in [3.63, 3.8) is 0 Å². The zero-order valence-corrected chi connectivity index (χ0v) is 8.49. The van der Waals surface area contributed by atoms with E-state index in [0.717, 1.165) is 0 Å². The normalized spacial score (nSPS) is 21.6. The summed E-state index contributed by atoms with van der Waals surface area (Å²) in [6.07, 6.45) is -2.78. The van der Waals surface area contributed by atoms with Gasteiger partial charge in [-0.3, -0.25) is 9.11 Å². The van der Waals surface area contributed by atoms with E-state index in [0.29, 0.717) is 0 Å². The lowest BCUT2D eigenvalue weighted by Crippen LogP contribution is -2.31. The average Bonchev–Trinajstić information content (AvgIpc) is 2.44. The molecule has 1 aliphatic rings. The SMILES string of the molecule is O=C1O[C@H]([C@@H](O)CO)C(O)=C1O.O=S(O)O. The van der Waals surface area contributed by atoms with Crippen molar-refractivity contribution >= 4 is 17.3 Å². The van der Waals surface area contributed by atoms with Crippen LogP contribution in [0.1, 0.15) is 0 Å². The zero-order valence-electron chi connectivity index (χ0n) is 7.68. The molecule has 0 aliphatic carbocycles. The fraction of sp³-hybridized carbons (Fsp3) is 0.500. The Balaban J connectivity index is 0.000000487. The lowest BCUT2D eigenvalue weighted by Gasteiger charge is -2.13. The molecule has 0 aromatic carbocycles. The number of hydrogen-bond acceptors (Lipinski definition) is 7. The third kappa shape index (κ3) is 4.12. The van der Waals surface area contributed by atoms with Gasteiger partial charge in [0.15, 0.2) is 11.9 Å². The molecular weight excluding hydrogens is 248 g/mol. The van der Waals surface area contributed by atoms with E-state index in [1.165, 1.54) is 0 Å². The minimum absolute atomic E-state index is 0.671. The molecule has 0 radical (unpaired) electrons. The molecule has 1 rings (SSSR count). The van der Waals surface area contributed by atoms with E-state index in [-0.39, 0.29) is 0 Å². The van der Waals surface area contributed by atoms with Crippen LogP contribution in [0.25, 0.3) is 0 Å². The van der Waals surface area contributed by atoms with Gasteiger partial charge in [0.05, 0.1) is 6.61 Å². The second-order valence-corrected chi connectivity index (χ2v) is 3.00. The van der Waals surface area contributed by atoms with Crippen LogP contribution in [0.3, 0.4) is 0 Å². The summed E-state index contributed by atoms with van der Waals surface area (Å²) in [5.74, 6) is -2.78. The molecule has 0 aromatic rings. The number of hydrogen-bond donors (Lipinski definition) is 6. The Kier molecular flexibility index (Phi) is 5.92.